The number of nitrogens with two attached hydrogens (primary N) is 1. The first-order valence-electron chi connectivity index (χ1n) is 4.60. The summed E-state index contributed by atoms with van der Waals surface area (Å²) in [4.78, 5) is 0. The van der Waals surface area contributed by atoms with E-state index in [9.17, 15) is 8.42 Å². The van der Waals surface area contributed by atoms with Crippen molar-refractivity contribution in [3.63, 3.8) is 0 Å². The molecule has 1 saturated carbocycles. The van der Waals surface area contributed by atoms with Crippen LogP contribution in [0.4, 0.5) is 0 Å². The quantitative estimate of drug-likeness (QED) is 0.675. The van der Waals surface area contributed by atoms with E-state index in [2.05, 4.69) is 0 Å². The molecule has 0 heterocycles. The van der Waals surface area contributed by atoms with Crippen LogP contribution in [0.15, 0.2) is 0 Å². The molecule has 1 aliphatic carbocycles. The van der Waals surface area contributed by atoms with E-state index in [1.54, 1.807) is 7.11 Å². The van der Waals surface area contributed by atoms with E-state index in [0.29, 0.717) is 6.42 Å². The van der Waals surface area contributed by atoms with Gasteiger partial charge < -0.3 is 4.74 Å². The van der Waals surface area contributed by atoms with Gasteiger partial charge in [0.2, 0.25) is 10.0 Å². The molecule has 5 heteroatoms. The molecule has 0 spiro atoms. The second kappa shape index (κ2) is 4.39. The van der Waals surface area contributed by atoms with Crippen LogP contribution in [0.3, 0.4) is 0 Å². The van der Waals surface area contributed by atoms with Crippen molar-refractivity contribution in [2.45, 2.75) is 43.5 Å². The van der Waals surface area contributed by atoms with Crippen molar-refractivity contribution >= 4 is 10.0 Å². The van der Waals surface area contributed by atoms with Gasteiger partial charge in [-0.1, -0.05) is 19.3 Å². The number of hydrogen-bond acceptors (Lipinski definition) is 3. The lowest BCUT2D eigenvalue weighted by atomic mass is 10.1. The van der Waals surface area contributed by atoms with Crippen LogP contribution in [0, 0.1) is 0 Å². The summed E-state index contributed by atoms with van der Waals surface area (Å²) in [5.74, 6) is 0. The smallest absolute Gasteiger partial charge is 0.214 e. The first kappa shape index (κ1) is 10.9. The number of rotatable bonds is 2. The first-order chi connectivity index (χ1) is 6.05. The van der Waals surface area contributed by atoms with Crippen LogP contribution in [0.1, 0.15) is 32.1 Å². The average molecular weight is 207 g/mol. The van der Waals surface area contributed by atoms with E-state index in [1.165, 1.54) is 0 Å². The summed E-state index contributed by atoms with van der Waals surface area (Å²) in [6, 6.07) is 0. The molecule has 0 aromatic carbocycles. The molecule has 0 aromatic heterocycles. The zero-order valence-corrected chi connectivity index (χ0v) is 8.72. The SMILES string of the molecule is CO[C@@H]1CCCCC[C@@H]1S(N)(=O)=O. The Labute approximate surface area is 79.5 Å². The standard InChI is InChI=1S/C8H17NO3S/c1-12-7-5-3-2-4-6-8(7)13(9,10)11/h7-8H,2-6H2,1H3,(H2,9,10,11)/t7-,8+/m1/s1. The molecule has 0 unspecified atom stereocenters. The highest BCUT2D eigenvalue weighted by Crippen LogP contribution is 2.23. The fourth-order valence-corrected chi connectivity index (χ4v) is 3.05. The van der Waals surface area contributed by atoms with Gasteiger partial charge in [-0.2, -0.15) is 0 Å². The Bertz CT molecular complexity index is 250. The maximum Gasteiger partial charge on any atom is 0.214 e. The van der Waals surface area contributed by atoms with Gasteiger partial charge in [-0.05, 0) is 12.8 Å². The van der Waals surface area contributed by atoms with Gasteiger partial charge in [0.05, 0.1) is 6.10 Å². The molecule has 13 heavy (non-hydrogen) atoms. The monoisotopic (exact) mass is 207 g/mol. The van der Waals surface area contributed by atoms with Gasteiger partial charge >= 0.3 is 0 Å². The minimum atomic E-state index is -3.44. The fourth-order valence-electron chi connectivity index (χ4n) is 1.89. The first-order valence-corrected chi connectivity index (χ1v) is 6.21. The molecule has 0 bridgehead atoms. The molecule has 2 atom stereocenters. The molecule has 0 saturated heterocycles. The van der Waals surface area contributed by atoms with Crippen LogP contribution in [-0.4, -0.2) is 26.9 Å². The van der Waals surface area contributed by atoms with E-state index in [0.717, 1.165) is 25.7 Å². The number of sulfonamides is 1. The minimum absolute atomic E-state index is 0.211. The van der Waals surface area contributed by atoms with E-state index in [1.807, 2.05) is 0 Å². The van der Waals surface area contributed by atoms with Gasteiger partial charge in [0, 0.05) is 7.11 Å². The van der Waals surface area contributed by atoms with Crippen molar-refractivity contribution in [3.05, 3.63) is 0 Å². The predicted molar refractivity (Wildman–Crippen MR) is 50.8 cm³/mol. The second-order valence-electron chi connectivity index (χ2n) is 3.54. The number of hydrogen-bond donors (Lipinski definition) is 1. The van der Waals surface area contributed by atoms with E-state index in [4.69, 9.17) is 9.88 Å². The highest BCUT2D eigenvalue weighted by atomic mass is 32.2. The fraction of sp³-hybridized carbons (Fsp3) is 1.00. The normalized spacial score (nSPS) is 31.2. The Morgan fingerprint density at radius 2 is 1.85 bits per heavy atom. The molecular weight excluding hydrogens is 190 g/mol. The van der Waals surface area contributed by atoms with Crippen molar-refractivity contribution in [2.75, 3.05) is 7.11 Å². The molecular formula is C8H17NO3S. The summed E-state index contributed by atoms with van der Waals surface area (Å²) < 4.78 is 27.6. The Balaban J connectivity index is 2.77. The molecule has 1 fully saturated rings. The Morgan fingerprint density at radius 3 is 2.38 bits per heavy atom. The van der Waals surface area contributed by atoms with Gasteiger partial charge in [0.25, 0.3) is 0 Å². The van der Waals surface area contributed by atoms with Crippen molar-refractivity contribution in [2.24, 2.45) is 5.14 Å². The third-order valence-electron chi connectivity index (χ3n) is 2.62. The zero-order chi connectivity index (χ0) is 9.90. The van der Waals surface area contributed by atoms with Crippen molar-refractivity contribution < 1.29 is 13.2 Å². The van der Waals surface area contributed by atoms with Gasteiger partial charge in [-0.3, -0.25) is 0 Å². The van der Waals surface area contributed by atoms with Crippen LogP contribution >= 0.6 is 0 Å². The highest BCUT2D eigenvalue weighted by Gasteiger charge is 2.31. The lowest BCUT2D eigenvalue weighted by Gasteiger charge is -2.21. The topological polar surface area (TPSA) is 69.4 Å². The van der Waals surface area contributed by atoms with Crippen molar-refractivity contribution in [1.29, 1.82) is 0 Å². The van der Waals surface area contributed by atoms with Crippen LogP contribution in [0.25, 0.3) is 0 Å². The largest absolute Gasteiger partial charge is 0.380 e. The summed E-state index contributed by atoms with van der Waals surface area (Å²) in [7, 11) is -1.89. The summed E-state index contributed by atoms with van der Waals surface area (Å²) in [6.45, 7) is 0. The summed E-state index contributed by atoms with van der Waals surface area (Å²) >= 11 is 0. The van der Waals surface area contributed by atoms with Crippen LogP contribution < -0.4 is 5.14 Å². The summed E-state index contributed by atoms with van der Waals surface area (Å²) in [6.07, 6.45) is 4.27. The Hall–Kier alpha value is -0.130. The Kier molecular flexibility index (Phi) is 3.70. The molecule has 0 amide bonds. The molecule has 0 aliphatic heterocycles. The van der Waals surface area contributed by atoms with Crippen LogP contribution in [0.5, 0.6) is 0 Å². The molecule has 4 nitrogen and oxygen atoms in total. The van der Waals surface area contributed by atoms with E-state index in [-0.39, 0.29) is 6.10 Å². The minimum Gasteiger partial charge on any atom is -0.380 e. The molecule has 2 N–H and O–H groups in total. The molecule has 1 rings (SSSR count). The third-order valence-corrected chi connectivity index (χ3v) is 4.00. The maximum atomic E-state index is 11.2. The summed E-state index contributed by atoms with van der Waals surface area (Å²) in [5.41, 5.74) is 0. The average Bonchev–Trinajstić information content (AvgIpc) is 2.26. The number of primary sulfonamides is 1. The van der Waals surface area contributed by atoms with Crippen LogP contribution in [-0.2, 0) is 14.8 Å². The lowest BCUT2D eigenvalue weighted by Crippen LogP contribution is -2.38. The molecule has 1 aliphatic rings. The van der Waals surface area contributed by atoms with E-state index < -0.39 is 15.3 Å². The maximum absolute atomic E-state index is 11.2. The number of methoxy groups -OCH3 is 1. The van der Waals surface area contributed by atoms with Crippen molar-refractivity contribution in [3.8, 4) is 0 Å². The second-order valence-corrected chi connectivity index (χ2v) is 5.32. The molecule has 0 aromatic rings. The van der Waals surface area contributed by atoms with Crippen LogP contribution in [0.2, 0.25) is 0 Å². The Morgan fingerprint density at radius 1 is 1.23 bits per heavy atom. The third kappa shape index (κ3) is 2.93. The summed E-state index contributed by atoms with van der Waals surface area (Å²) in [5, 5.41) is 4.64. The lowest BCUT2D eigenvalue weighted by molar-refractivity contribution is 0.0924. The van der Waals surface area contributed by atoms with Gasteiger partial charge in [0.15, 0.2) is 0 Å². The molecule has 78 valence electrons. The van der Waals surface area contributed by atoms with Gasteiger partial charge in [-0.25, -0.2) is 13.6 Å². The van der Waals surface area contributed by atoms with Gasteiger partial charge in [-0.15, -0.1) is 0 Å². The van der Waals surface area contributed by atoms with Crippen molar-refractivity contribution in [1.82, 2.24) is 0 Å². The predicted octanol–water partition coefficient (Wildman–Crippen LogP) is 0.623. The highest BCUT2D eigenvalue weighted by molar-refractivity contribution is 7.89. The zero-order valence-electron chi connectivity index (χ0n) is 7.90. The number of ether oxygens (including phenoxy) is 1. The van der Waals surface area contributed by atoms with Gasteiger partial charge in [0.1, 0.15) is 5.25 Å². The molecule has 0 radical (unpaired) electrons. The van der Waals surface area contributed by atoms with E-state index >= 15 is 0 Å².